The van der Waals surface area contributed by atoms with Gasteiger partial charge in [-0.25, -0.2) is 0 Å². The minimum absolute atomic E-state index is 0.146. The van der Waals surface area contributed by atoms with E-state index < -0.39 is 0 Å². The van der Waals surface area contributed by atoms with Crippen molar-refractivity contribution in [3.05, 3.63) is 24.2 Å². The van der Waals surface area contributed by atoms with Crippen molar-refractivity contribution >= 4 is 0 Å². The fourth-order valence-electron chi connectivity index (χ4n) is 3.11. The quantitative estimate of drug-likeness (QED) is 0.884. The van der Waals surface area contributed by atoms with Crippen LogP contribution in [0.3, 0.4) is 0 Å². The highest BCUT2D eigenvalue weighted by Gasteiger charge is 2.42. The minimum Gasteiger partial charge on any atom is -0.468 e. The summed E-state index contributed by atoms with van der Waals surface area (Å²) in [5, 5.41) is 3.41. The van der Waals surface area contributed by atoms with Crippen LogP contribution in [-0.2, 0) is 11.3 Å². The molecule has 0 aromatic carbocycles. The molecule has 1 aromatic heterocycles. The van der Waals surface area contributed by atoms with Crippen LogP contribution in [0, 0.1) is 0 Å². The van der Waals surface area contributed by atoms with Crippen LogP contribution in [0.15, 0.2) is 22.8 Å². The number of hydrogen-bond donors (Lipinski definition) is 1. The van der Waals surface area contributed by atoms with E-state index in [1.54, 1.807) is 6.26 Å². The molecule has 3 rings (SSSR count). The van der Waals surface area contributed by atoms with E-state index in [-0.39, 0.29) is 5.60 Å². The maximum atomic E-state index is 6.12. The molecule has 0 aliphatic carbocycles. The zero-order chi connectivity index (χ0) is 12.4. The van der Waals surface area contributed by atoms with Gasteiger partial charge in [-0.2, -0.15) is 0 Å². The SMILES string of the molecule is CN(Cc1ccco1)C1COC2(CCNCC2)C1. The molecular formula is C14H22N2O2. The van der Waals surface area contributed by atoms with Gasteiger partial charge in [0.25, 0.3) is 0 Å². The molecule has 3 heterocycles. The molecular weight excluding hydrogens is 228 g/mol. The molecule has 0 bridgehead atoms. The third-order valence-electron chi connectivity index (χ3n) is 4.31. The van der Waals surface area contributed by atoms with Crippen LogP contribution in [0.2, 0.25) is 0 Å². The standard InChI is InChI=1S/C14H22N2O2/c1-16(10-13-3-2-8-17-13)12-9-14(18-11-12)4-6-15-7-5-14/h2-3,8,12,15H,4-7,9-11H2,1H3. The van der Waals surface area contributed by atoms with Gasteiger partial charge in [0, 0.05) is 6.04 Å². The van der Waals surface area contributed by atoms with Gasteiger partial charge < -0.3 is 14.5 Å². The molecule has 2 aliphatic rings. The first-order valence-corrected chi connectivity index (χ1v) is 6.85. The summed E-state index contributed by atoms with van der Waals surface area (Å²) >= 11 is 0. The summed E-state index contributed by atoms with van der Waals surface area (Å²) in [6, 6.07) is 4.50. The highest BCUT2D eigenvalue weighted by molar-refractivity contribution is 5.00. The van der Waals surface area contributed by atoms with Crippen molar-refractivity contribution in [2.24, 2.45) is 0 Å². The predicted molar refractivity (Wildman–Crippen MR) is 69.4 cm³/mol. The largest absolute Gasteiger partial charge is 0.468 e. The van der Waals surface area contributed by atoms with Crippen LogP contribution >= 0.6 is 0 Å². The summed E-state index contributed by atoms with van der Waals surface area (Å²) in [5.41, 5.74) is 0.146. The van der Waals surface area contributed by atoms with Crippen molar-refractivity contribution in [1.29, 1.82) is 0 Å². The molecule has 4 heteroatoms. The molecule has 18 heavy (non-hydrogen) atoms. The van der Waals surface area contributed by atoms with Gasteiger partial charge in [-0.15, -0.1) is 0 Å². The zero-order valence-electron chi connectivity index (χ0n) is 11.0. The molecule has 1 spiro atoms. The molecule has 0 amide bonds. The summed E-state index contributed by atoms with van der Waals surface area (Å²) in [6.45, 7) is 3.91. The number of furan rings is 1. The average molecular weight is 250 g/mol. The van der Waals surface area contributed by atoms with Crippen molar-refractivity contribution < 1.29 is 9.15 Å². The topological polar surface area (TPSA) is 37.6 Å². The van der Waals surface area contributed by atoms with Gasteiger partial charge in [-0.3, -0.25) is 4.90 Å². The molecule has 4 nitrogen and oxygen atoms in total. The Kier molecular flexibility index (Phi) is 3.41. The van der Waals surface area contributed by atoms with Crippen LogP contribution in [0.1, 0.15) is 25.0 Å². The second-order valence-corrected chi connectivity index (χ2v) is 5.60. The minimum atomic E-state index is 0.146. The van der Waals surface area contributed by atoms with Gasteiger partial charge in [-0.1, -0.05) is 0 Å². The summed E-state index contributed by atoms with van der Waals surface area (Å²) in [4.78, 5) is 2.36. The van der Waals surface area contributed by atoms with Crippen molar-refractivity contribution in [2.75, 3.05) is 26.7 Å². The van der Waals surface area contributed by atoms with E-state index in [0.717, 1.165) is 51.3 Å². The second kappa shape index (κ2) is 5.03. The Hall–Kier alpha value is -0.840. The predicted octanol–water partition coefficient (Wildman–Crippen LogP) is 1.62. The number of rotatable bonds is 3. The first-order valence-electron chi connectivity index (χ1n) is 6.85. The van der Waals surface area contributed by atoms with Crippen molar-refractivity contribution in [3.8, 4) is 0 Å². The maximum Gasteiger partial charge on any atom is 0.117 e. The van der Waals surface area contributed by atoms with Gasteiger partial charge in [0.05, 0.1) is 25.0 Å². The molecule has 1 N–H and O–H groups in total. The van der Waals surface area contributed by atoms with E-state index in [4.69, 9.17) is 9.15 Å². The number of piperidine rings is 1. The van der Waals surface area contributed by atoms with Crippen LogP contribution in [-0.4, -0.2) is 43.3 Å². The summed E-state index contributed by atoms with van der Waals surface area (Å²) in [6.07, 6.45) is 5.20. The molecule has 1 unspecified atom stereocenters. The number of hydrogen-bond acceptors (Lipinski definition) is 4. The lowest BCUT2D eigenvalue weighted by Crippen LogP contribution is -2.42. The summed E-state index contributed by atoms with van der Waals surface area (Å²) in [5.74, 6) is 1.03. The lowest BCUT2D eigenvalue weighted by atomic mass is 9.88. The Bertz CT molecular complexity index is 371. The third kappa shape index (κ3) is 2.46. The van der Waals surface area contributed by atoms with Gasteiger partial charge >= 0.3 is 0 Å². The highest BCUT2D eigenvalue weighted by Crippen LogP contribution is 2.35. The Morgan fingerprint density at radius 1 is 1.44 bits per heavy atom. The normalized spacial score (nSPS) is 27.1. The molecule has 2 fully saturated rings. The second-order valence-electron chi connectivity index (χ2n) is 5.60. The van der Waals surface area contributed by atoms with Crippen molar-refractivity contribution in [3.63, 3.8) is 0 Å². The number of ether oxygens (including phenoxy) is 1. The smallest absolute Gasteiger partial charge is 0.117 e. The highest BCUT2D eigenvalue weighted by atomic mass is 16.5. The van der Waals surface area contributed by atoms with Crippen molar-refractivity contribution in [2.45, 2.75) is 37.5 Å². The van der Waals surface area contributed by atoms with E-state index >= 15 is 0 Å². The first-order chi connectivity index (χ1) is 8.77. The van der Waals surface area contributed by atoms with Crippen LogP contribution in [0.5, 0.6) is 0 Å². The van der Waals surface area contributed by atoms with Crippen molar-refractivity contribution in [1.82, 2.24) is 10.2 Å². The van der Waals surface area contributed by atoms with E-state index in [9.17, 15) is 0 Å². The molecule has 1 atom stereocenters. The van der Waals surface area contributed by atoms with Gasteiger partial charge in [0.15, 0.2) is 0 Å². The molecule has 0 radical (unpaired) electrons. The fraction of sp³-hybridized carbons (Fsp3) is 0.714. The molecule has 1 aromatic rings. The van der Waals surface area contributed by atoms with Crippen LogP contribution in [0.4, 0.5) is 0 Å². The monoisotopic (exact) mass is 250 g/mol. The molecule has 2 saturated heterocycles. The molecule has 100 valence electrons. The van der Waals surface area contributed by atoms with E-state index in [1.165, 1.54) is 0 Å². The first kappa shape index (κ1) is 12.2. The van der Waals surface area contributed by atoms with Gasteiger partial charge in [0.1, 0.15) is 5.76 Å². The fourth-order valence-corrected chi connectivity index (χ4v) is 3.11. The maximum absolute atomic E-state index is 6.12. The summed E-state index contributed by atoms with van der Waals surface area (Å²) in [7, 11) is 2.16. The van der Waals surface area contributed by atoms with E-state index in [1.807, 2.05) is 12.1 Å². The number of nitrogens with one attached hydrogen (secondary N) is 1. The van der Waals surface area contributed by atoms with E-state index in [2.05, 4.69) is 17.3 Å². The Labute approximate surface area is 108 Å². The van der Waals surface area contributed by atoms with Crippen LogP contribution in [0.25, 0.3) is 0 Å². The van der Waals surface area contributed by atoms with Gasteiger partial charge in [-0.05, 0) is 51.5 Å². The number of nitrogens with zero attached hydrogens (tertiary/aromatic N) is 1. The van der Waals surface area contributed by atoms with Gasteiger partial charge in [0.2, 0.25) is 0 Å². The Balaban J connectivity index is 1.57. The third-order valence-corrected chi connectivity index (χ3v) is 4.31. The van der Waals surface area contributed by atoms with E-state index in [0.29, 0.717) is 6.04 Å². The Morgan fingerprint density at radius 2 is 2.28 bits per heavy atom. The van der Waals surface area contributed by atoms with Crippen LogP contribution < -0.4 is 5.32 Å². The molecule has 2 aliphatic heterocycles. The average Bonchev–Trinajstić information content (AvgIpc) is 3.01. The lowest BCUT2D eigenvalue weighted by Gasteiger charge is -2.33. The number of likely N-dealkylation sites (N-methyl/N-ethyl adjacent to an activating group) is 1. The molecule has 0 saturated carbocycles. The summed E-state index contributed by atoms with van der Waals surface area (Å²) < 4.78 is 11.5. The zero-order valence-corrected chi connectivity index (χ0v) is 11.0. The lowest BCUT2D eigenvalue weighted by molar-refractivity contribution is -0.0201. The Morgan fingerprint density at radius 3 is 3.00 bits per heavy atom.